The van der Waals surface area contributed by atoms with E-state index in [0.717, 1.165) is 11.3 Å². The third kappa shape index (κ3) is 1.92. The Morgan fingerprint density at radius 1 is 1.19 bits per heavy atom. The monoisotopic (exact) mass is 235 g/mol. The van der Waals surface area contributed by atoms with E-state index in [1.165, 1.54) is 6.33 Å². The molecule has 2 aromatic rings. The number of hydrogen-bond acceptors (Lipinski definition) is 4. The number of ether oxygens (including phenoxy) is 1. The smallest absolute Gasteiger partial charge is 0.142 e. The van der Waals surface area contributed by atoms with Crippen molar-refractivity contribution in [3.8, 4) is 16.9 Å². The molecule has 0 aliphatic heterocycles. The standard InChI is InChI=1S/C11H10ClN3O/c1-16-8-4-2-7(3-5-8)9-10(12)14-6-15-11(9)13/h2-6H,1H3,(H2,13,14,15). The maximum Gasteiger partial charge on any atom is 0.142 e. The first kappa shape index (κ1) is 10.7. The van der Waals surface area contributed by atoms with Crippen molar-refractivity contribution in [3.63, 3.8) is 0 Å². The summed E-state index contributed by atoms with van der Waals surface area (Å²) >= 11 is 5.98. The number of nitrogens with two attached hydrogens (primary N) is 1. The number of rotatable bonds is 2. The lowest BCUT2D eigenvalue weighted by atomic mass is 10.1. The van der Waals surface area contributed by atoms with Gasteiger partial charge in [0, 0.05) is 0 Å². The van der Waals surface area contributed by atoms with Crippen LogP contribution in [0.4, 0.5) is 5.82 Å². The Balaban J connectivity index is 2.50. The number of benzene rings is 1. The number of methoxy groups -OCH3 is 1. The molecule has 82 valence electrons. The summed E-state index contributed by atoms with van der Waals surface area (Å²) in [7, 11) is 1.61. The molecule has 16 heavy (non-hydrogen) atoms. The number of aromatic nitrogens is 2. The van der Waals surface area contributed by atoms with Crippen LogP contribution in [0.25, 0.3) is 11.1 Å². The predicted octanol–water partition coefficient (Wildman–Crippen LogP) is 2.39. The third-order valence-electron chi connectivity index (χ3n) is 2.21. The van der Waals surface area contributed by atoms with Gasteiger partial charge in [-0.15, -0.1) is 0 Å². The van der Waals surface area contributed by atoms with Crippen LogP contribution in [0.2, 0.25) is 5.15 Å². The maximum atomic E-state index is 5.98. The number of hydrogen-bond donors (Lipinski definition) is 1. The van der Waals surface area contributed by atoms with Crippen LogP contribution in [-0.2, 0) is 0 Å². The maximum absolute atomic E-state index is 5.98. The minimum absolute atomic E-state index is 0.345. The van der Waals surface area contributed by atoms with Crippen molar-refractivity contribution in [1.82, 2.24) is 9.97 Å². The van der Waals surface area contributed by atoms with Gasteiger partial charge in [-0.2, -0.15) is 0 Å². The van der Waals surface area contributed by atoms with Crippen LogP contribution in [0.3, 0.4) is 0 Å². The van der Waals surface area contributed by atoms with Gasteiger partial charge in [0.1, 0.15) is 23.0 Å². The zero-order valence-electron chi connectivity index (χ0n) is 8.64. The first-order chi connectivity index (χ1) is 7.72. The normalized spacial score (nSPS) is 10.1. The molecule has 2 rings (SSSR count). The van der Waals surface area contributed by atoms with Crippen molar-refractivity contribution in [3.05, 3.63) is 35.7 Å². The minimum Gasteiger partial charge on any atom is -0.497 e. The quantitative estimate of drug-likeness (QED) is 0.812. The van der Waals surface area contributed by atoms with Gasteiger partial charge >= 0.3 is 0 Å². The molecule has 0 aliphatic carbocycles. The summed E-state index contributed by atoms with van der Waals surface area (Å²) < 4.78 is 5.07. The van der Waals surface area contributed by atoms with Gasteiger partial charge in [-0.05, 0) is 17.7 Å². The van der Waals surface area contributed by atoms with E-state index in [0.29, 0.717) is 16.5 Å². The van der Waals surface area contributed by atoms with Crippen molar-refractivity contribution < 1.29 is 4.74 Å². The van der Waals surface area contributed by atoms with Gasteiger partial charge in [0.25, 0.3) is 0 Å². The zero-order chi connectivity index (χ0) is 11.5. The molecule has 0 bridgehead atoms. The predicted molar refractivity (Wildman–Crippen MR) is 63.4 cm³/mol. The van der Waals surface area contributed by atoms with Gasteiger partial charge < -0.3 is 10.5 Å². The molecule has 0 atom stereocenters. The van der Waals surface area contributed by atoms with E-state index in [1.807, 2.05) is 24.3 Å². The van der Waals surface area contributed by atoms with E-state index in [4.69, 9.17) is 22.1 Å². The second-order valence-electron chi connectivity index (χ2n) is 3.15. The molecule has 0 aliphatic rings. The first-order valence-electron chi connectivity index (χ1n) is 4.63. The topological polar surface area (TPSA) is 61.0 Å². The molecular formula is C11H10ClN3O. The lowest BCUT2D eigenvalue weighted by Crippen LogP contribution is -1.96. The van der Waals surface area contributed by atoms with Gasteiger partial charge in [-0.25, -0.2) is 9.97 Å². The van der Waals surface area contributed by atoms with E-state index in [2.05, 4.69) is 9.97 Å². The summed E-state index contributed by atoms with van der Waals surface area (Å²) in [6.45, 7) is 0. The molecule has 5 heteroatoms. The highest BCUT2D eigenvalue weighted by atomic mass is 35.5. The Bertz CT molecular complexity index is 479. The van der Waals surface area contributed by atoms with Crippen LogP contribution in [0.1, 0.15) is 0 Å². The Morgan fingerprint density at radius 2 is 1.88 bits per heavy atom. The summed E-state index contributed by atoms with van der Waals surface area (Å²) in [5.41, 5.74) is 7.27. The Labute approximate surface area is 98.0 Å². The highest BCUT2D eigenvalue weighted by molar-refractivity contribution is 6.32. The molecule has 4 nitrogen and oxygen atoms in total. The van der Waals surface area contributed by atoms with Crippen LogP contribution in [0.5, 0.6) is 5.75 Å². The van der Waals surface area contributed by atoms with Crippen molar-refractivity contribution in [2.45, 2.75) is 0 Å². The lowest BCUT2D eigenvalue weighted by Gasteiger charge is -2.07. The molecule has 0 fully saturated rings. The fourth-order valence-electron chi connectivity index (χ4n) is 1.40. The Kier molecular flexibility index (Phi) is 2.92. The SMILES string of the molecule is COc1ccc(-c2c(N)ncnc2Cl)cc1. The van der Waals surface area contributed by atoms with E-state index in [-0.39, 0.29) is 0 Å². The van der Waals surface area contributed by atoms with E-state index >= 15 is 0 Å². The molecule has 0 unspecified atom stereocenters. The van der Waals surface area contributed by atoms with E-state index in [9.17, 15) is 0 Å². The molecule has 1 aromatic carbocycles. The van der Waals surface area contributed by atoms with Gasteiger partial charge in [0.05, 0.1) is 12.7 Å². The number of halogens is 1. The second kappa shape index (κ2) is 4.37. The number of nitrogens with zero attached hydrogens (tertiary/aromatic N) is 2. The lowest BCUT2D eigenvalue weighted by molar-refractivity contribution is 0.415. The van der Waals surface area contributed by atoms with Crippen LogP contribution in [0.15, 0.2) is 30.6 Å². The first-order valence-corrected chi connectivity index (χ1v) is 5.00. The van der Waals surface area contributed by atoms with Gasteiger partial charge in [0.15, 0.2) is 0 Å². The second-order valence-corrected chi connectivity index (χ2v) is 3.51. The molecule has 0 radical (unpaired) electrons. The van der Waals surface area contributed by atoms with Crippen LogP contribution in [-0.4, -0.2) is 17.1 Å². The summed E-state index contributed by atoms with van der Waals surface area (Å²) in [5.74, 6) is 1.14. The molecule has 0 saturated carbocycles. The molecule has 2 N–H and O–H groups in total. The summed E-state index contributed by atoms with van der Waals surface area (Å²) in [6.07, 6.45) is 1.34. The van der Waals surface area contributed by atoms with Gasteiger partial charge in [0.2, 0.25) is 0 Å². The summed E-state index contributed by atoms with van der Waals surface area (Å²) in [5, 5.41) is 0.345. The fourth-order valence-corrected chi connectivity index (χ4v) is 1.65. The molecule has 1 heterocycles. The minimum atomic E-state index is 0.345. The molecule has 0 spiro atoms. The third-order valence-corrected chi connectivity index (χ3v) is 2.50. The average molecular weight is 236 g/mol. The highest BCUT2D eigenvalue weighted by Gasteiger charge is 2.09. The Morgan fingerprint density at radius 3 is 2.44 bits per heavy atom. The Hall–Kier alpha value is -1.81. The zero-order valence-corrected chi connectivity index (χ0v) is 9.40. The number of nitrogen functional groups attached to an aromatic ring is 1. The van der Waals surface area contributed by atoms with Gasteiger partial charge in [-0.3, -0.25) is 0 Å². The highest BCUT2D eigenvalue weighted by Crippen LogP contribution is 2.30. The molecule has 0 amide bonds. The summed E-state index contributed by atoms with van der Waals surface area (Å²) in [4.78, 5) is 7.81. The van der Waals surface area contributed by atoms with E-state index < -0.39 is 0 Å². The van der Waals surface area contributed by atoms with E-state index in [1.54, 1.807) is 7.11 Å². The fraction of sp³-hybridized carbons (Fsp3) is 0.0909. The van der Waals surface area contributed by atoms with Crippen LogP contribution < -0.4 is 10.5 Å². The van der Waals surface area contributed by atoms with Crippen molar-refractivity contribution >= 4 is 17.4 Å². The van der Waals surface area contributed by atoms with Crippen molar-refractivity contribution in [2.75, 3.05) is 12.8 Å². The molecular weight excluding hydrogens is 226 g/mol. The van der Waals surface area contributed by atoms with Crippen molar-refractivity contribution in [1.29, 1.82) is 0 Å². The van der Waals surface area contributed by atoms with Crippen LogP contribution in [0, 0.1) is 0 Å². The average Bonchev–Trinajstić information content (AvgIpc) is 2.30. The molecule has 1 aromatic heterocycles. The largest absolute Gasteiger partial charge is 0.497 e. The number of anilines is 1. The van der Waals surface area contributed by atoms with Crippen molar-refractivity contribution in [2.24, 2.45) is 0 Å². The van der Waals surface area contributed by atoms with Gasteiger partial charge in [-0.1, -0.05) is 23.7 Å². The molecule has 0 saturated heterocycles. The summed E-state index contributed by atoms with van der Waals surface area (Å²) in [6, 6.07) is 7.38. The van der Waals surface area contributed by atoms with Crippen LogP contribution >= 0.6 is 11.6 Å².